The van der Waals surface area contributed by atoms with E-state index in [0.29, 0.717) is 12.0 Å². The molecule has 6 heteroatoms. The summed E-state index contributed by atoms with van der Waals surface area (Å²) in [7, 11) is 0. The van der Waals surface area contributed by atoms with E-state index in [4.69, 9.17) is 14.2 Å². The van der Waals surface area contributed by atoms with Crippen molar-refractivity contribution < 1.29 is 28.9 Å². The van der Waals surface area contributed by atoms with Gasteiger partial charge in [0.15, 0.2) is 5.60 Å². The summed E-state index contributed by atoms with van der Waals surface area (Å²) in [6.07, 6.45) is -0.0309. The first-order valence-corrected chi connectivity index (χ1v) is 14.6. The molecule has 0 amide bonds. The smallest absolute Gasteiger partial charge is 0.338 e. The summed E-state index contributed by atoms with van der Waals surface area (Å²) in [6, 6.07) is 8.97. The van der Waals surface area contributed by atoms with E-state index in [-0.39, 0.29) is 42.4 Å². The molecule has 214 valence electrons. The van der Waals surface area contributed by atoms with Gasteiger partial charge in [0.25, 0.3) is 0 Å². The summed E-state index contributed by atoms with van der Waals surface area (Å²) < 4.78 is 19.0. The number of carbonyl (C=O) groups excluding carboxylic acids is 2. The predicted molar refractivity (Wildman–Crippen MR) is 149 cm³/mol. The van der Waals surface area contributed by atoms with E-state index < -0.39 is 40.0 Å². The molecule has 2 saturated carbocycles. The van der Waals surface area contributed by atoms with E-state index in [1.165, 1.54) is 18.1 Å². The Hall–Kier alpha value is -2.18. The second-order valence-electron chi connectivity index (χ2n) is 13.8. The van der Waals surface area contributed by atoms with Crippen LogP contribution in [0, 0.1) is 40.4 Å². The number of benzene rings is 1. The lowest BCUT2D eigenvalue weighted by Crippen LogP contribution is -2.79. The fourth-order valence-corrected chi connectivity index (χ4v) is 9.33. The van der Waals surface area contributed by atoms with Crippen LogP contribution in [0.5, 0.6) is 0 Å². The predicted octanol–water partition coefficient (Wildman–Crippen LogP) is 5.97. The van der Waals surface area contributed by atoms with E-state index in [9.17, 15) is 14.7 Å². The molecule has 1 aromatic carbocycles. The minimum absolute atomic E-state index is 0.106. The number of rotatable bonds is 3. The van der Waals surface area contributed by atoms with Crippen LogP contribution in [0.25, 0.3) is 0 Å². The Morgan fingerprint density at radius 2 is 1.69 bits per heavy atom. The Kier molecular flexibility index (Phi) is 6.67. The minimum atomic E-state index is -1.39. The average Bonchev–Trinajstić information content (AvgIpc) is 2.87. The number of carbonyl (C=O) groups is 2. The van der Waals surface area contributed by atoms with Gasteiger partial charge >= 0.3 is 11.9 Å². The first-order chi connectivity index (χ1) is 18.1. The number of allylic oxidation sites excluding steroid dienone is 1. The minimum Gasteiger partial charge on any atom is -0.455 e. The quantitative estimate of drug-likeness (QED) is 0.377. The Balaban J connectivity index is 1.80. The zero-order valence-electron chi connectivity index (χ0n) is 25.0. The number of fused-ring (bicyclic) bond motifs is 5. The molecule has 1 saturated heterocycles. The Morgan fingerprint density at radius 1 is 1.05 bits per heavy atom. The maximum absolute atomic E-state index is 13.8. The summed E-state index contributed by atoms with van der Waals surface area (Å²) in [5.74, 6) is -0.703. The largest absolute Gasteiger partial charge is 0.455 e. The van der Waals surface area contributed by atoms with Crippen molar-refractivity contribution in [2.75, 3.05) is 6.61 Å². The van der Waals surface area contributed by atoms with Crippen molar-refractivity contribution in [3.63, 3.8) is 0 Å². The molecule has 0 radical (unpaired) electrons. The molecular weight excluding hydrogens is 492 g/mol. The van der Waals surface area contributed by atoms with E-state index in [1.807, 2.05) is 18.2 Å². The van der Waals surface area contributed by atoms with Crippen LogP contribution in [0.1, 0.15) is 85.5 Å². The summed E-state index contributed by atoms with van der Waals surface area (Å²) >= 11 is 0. The van der Waals surface area contributed by atoms with Gasteiger partial charge in [0.2, 0.25) is 0 Å². The molecule has 3 fully saturated rings. The fraction of sp³-hybridized carbons (Fsp3) is 0.697. The lowest BCUT2D eigenvalue weighted by atomic mass is 9.40. The third-order valence-corrected chi connectivity index (χ3v) is 12.0. The molecule has 4 aliphatic rings. The van der Waals surface area contributed by atoms with Gasteiger partial charge < -0.3 is 19.3 Å². The van der Waals surface area contributed by atoms with Gasteiger partial charge in [-0.1, -0.05) is 77.8 Å². The van der Waals surface area contributed by atoms with Gasteiger partial charge in [0, 0.05) is 18.3 Å². The number of hydrogen-bond acceptors (Lipinski definition) is 6. The van der Waals surface area contributed by atoms with Gasteiger partial charge in [-0.25, -0.2) is 4.79 Å². The highest BCUT2D eigenvalue weighted by atomic mass is 16.6. The molecule has 5 rings (SSSR count). The summed E-state index contributed by atoms with van der Waals surface area (Å²) in [4.78, 5) is 26.5. The average molecular weight is 539 g/mol. The third-order valence-electron chi connectivity index (χ3n) is 12.0. The molecular formula is C33H46O6. The number of aliphatic hydroxyl groups is 1. The molecule has 2 bridgehead atoms. The second kappa shape index (κ2) is 9.17. The van der Waals surface area contributed by atoms with Crippen molar-refractivity contribution in [3.05, 3.63) is 47.0 Å². The van der Waals surface area contributed by atoms with Crippen molar-refractivity contribution >= 4 is 11.9 Å². The van der Waals surface area contributed by atoms with Gasteiger partial charge in [-0.05, 0) is 61.0 Å². The van der Waals surface area contributed by atoms with Gasteiger partial charge in [-0.2, -0.15) is 0 Å². The van der Waals surface area contributed by atoms with Crippen LogP contribution in [0.4, 0.5) is 0 Å². The molecule has 1 unspecified atom stereocenters. The van der Waals surface area contributed by atoms with E-state index in [1.54, 1.807) is 12.1 Å². The Bertz CT molecular complexity index is 1190. The van der Waals surface area contributed by atoms with Gasteiger partial charge in [0.05, 0.1) is 12.2 Å². The fourth-order valence-electron chi connectivity index (χ4n) is 9.33. The zero-order chi connectivity index (χ0) is 28.7. The topological polar surface area (TPSA) is 82.1 Å². The lowest BCUT2D eigenvalue weighted by molar-refractivity contribution is -0.352. The van der Waals surface area contributed by atoms with Crippen LogP contribution in [0.2, 0.25) is 0 Å². The molecule has 0 aromatic heterocycles. The van der Waals surface area contributed by atoms with E-state index in [2.05, 4.69) is 55.4 Å². The van der Waals surface area contributed by atoms with Crippen molar-refractivity contribution in [1.82, 2.24) is 0 Å². The molecule has 0 spiro atoms. The standard InChI is InChI=1S/C33H46O6/c1-18-16-33(36)28(38-29(35)24-13-11-10-12-14-24)27-31(9,22(5)21(4)26(20(18)3)30(33,7)8)19(2)15-25-32(27,17-37-25)39-23(6)34/h10-14,18-19,21-22,25,27-28,36H,15-17H2,1-9H3/t18-,19-,21-,22?,25+,27-,28-,31-,32-,33+/m0/s1. The maximum Gasteiger partial charge on any atom is 0.338 e. The summed E-state index contributed by atoms with van der Waals surface area (Å²) in [5.41, 5.74) is -0.459. The van der Waals surface area contributed by atoms with Crippen LogP contribution < -0.4 is 0 Å². The zero-order valence-corrected chi connectivity index (χ0v) is 25.0. The SMILES string of the molecule is CC(=O)O[C@@]12CO[C@@H]1C[C@H](C)[C@@]1(C)C(C)[C@H](C)C3=C(C)[C@@H](C)C[C@@](O)([C@@H](OC(=O)c4ccccc4)[C@H]21)C3(C)C. The Morgan fingerprint density at radius 3 is 2.26 bits per heavy atom. The maximum atomic E-state index is 13.8. The van der Waals surface area contributed by atoms with Gasteiger partial charge in [-0.15, -0.1) is 0 Å². The molecule has 1 aromatic rings. The van der Waals surface area contributed by atoms with E-state index >= 15 is 0 Å². The van der Waals surface area contributed by atoms with Crippen molar-refractivity contribution in [1.29, 1.82) is 0 Å². The van der Waals surface area contributed by atoms with Crippen LogP contribution in [-0.2, 0) is 19.0 Å². The first kappa shape index (κ1) is 28.4. The highest BCUT2D eigenvalue weighted by Gasteiger charge is 2.75. The lowest BCUT2D eigenvalue weighted by Gasteiger charge is -2.70. The second-order valence-corrected chi connectivity index (χ2v) is 13.8. The monoisotopic (exact) mass is 538 g/mol. The van der Waals surface area contributed by atoms with Crippen LogP contribution in [-0.4, -0.2) is 47.1 Å². The molecule has 1 aliphatic heterocycles. The highest BCUT2D eigenvalue weighted by molar-refractivity contribution is 5.89. The number of hydrogen-bond donors (Lipinski definition) is 1. The van der Waals surface area contributed by atoms with E-state index in [0.717, 1.165) is 6.42 Å². The summed E-state index contributed by atoms with van der Waals surface area (Å²) in [5, 5.41) is 13.1. The van der Waals surface area contributed by atoms with Gasteiger partial charge in [-0.3, -0.25) is 4.79 Å². The van der Waals surface area contributed by atoms with Crippen molar-refractivity contribution in [2.45, 2.75) is 98.6 Å². The van der Waals surface area contributed by atoms with Gasteiger partial charge in [0.1, 0.15) is 17.8 Å². The molecule has 10 atom stereocenters. The number of ether oxygens (including phenoxy) is 3. The third kappa shape index (κ3) is 3.73. The summed E-state index contributed by atoms with van der Waals surface area (Å²) in [6.45, 7) is 19.3. The van der Waals surface area contributed by atoms with Crippen molar-refractivity contribution in [3.8, 4) is 0 Å². The van der Waals surface area contributed by atoms with Crippen LogP contribution in [0.3, 0.4) is 0 Å². The highest BCUT2D eigenvalue weighted by Crippen LogP contribution is 2.68. The Labute approximate surface area is 233 Å². The molecule has 1 heterocycles. The van der Waals surface area contributed by atoms with Crippen LogP contribution in [0.15, 0.2) is 41.5 Å². The molecule has 1 N–H and O–H groups in total. The van der Waals surface area contributed by atoms with Crippen molar-refractivity contribution in [2.24, 2.45) is 40.4 Å². The molecule has 6 nitrogen and oxygen atoms in total. The molecule has 39 heavy (non-hydrogen) atoms. The van der Waals surface area contributed by atoms with Crippen LogP contribution >= 0.6 is 0 Å². The molecule has 3 aliphatic carbocycles. The number of esters is 2. The first-order valence-electron chi connectivity index (χ1n) is 14.6. The normalized spacial score (nSPS) is 44.6.